The molecule has 13 heavy (non-hydrogen) atoms. The van der Waals surface area contributed by atoms with Crippen molar-refractivity contribution >= 4 is 15.9 Å². The molecule has 2 unspecified atom stereocenters. The second-order valence-corrected chi connectivity index (χ2v) is 4.84. The second kappa shape index (κ2) is 4.75. The van der Waals surface area contributed by atoms with Gasteiger partial charge in [0.05, 0.1) is 0 Å². The van der Waals surface area contributed by atoms with Crippen LogP contribution < -0.4 is 0 Å². The van der Waals surface area contributed by atoms with Gasteiger partial charge in [0.15, 0.2) is 0 Å². The van der Waals surface area contributed by atoms with E-state index in [0.29, 0.717) is 10.7 Å². The lowest BCUT2D eigenvalue weighted by Crippen LogP contribution is -2.11. The van der Waals surface area contributed by atoms with Crippen molar-refractivity contribution in [1.29, 1.82) is 0 Å². The molecule has 0 radical (unpaired) electrons. The molecule has 72 valence electrons. The number of rotatable bonds is 3. The highest BCUT2D eigenvalue weighted by molar-refractivity contribution is 9.09. The minimum Gasteiger partial charge on any atom is -0.261 e. The van der Waals surface area contributed by atoms with E-state index < -0.39 is 0 Å². The lowest BCUT2D eigenvalue weighted by Gasteiger charge is -2.18. The van der Waals surface area contributed by atoms with E-state index in [0.717, 1.165) is 6.42 Å². The Morgan fingerprint density at radius 2 is 2.23 bits per heavy atom. The molecule has 0 aliphatic rings. The van der Waals surface area contributed by atoms with Gasteiger partial charge >= 0.3 is 0 Å². The molecule has 0 spiro atoms. The Kier molecular flexibility index (Phi) is 3.91. The third-order valence-corrected chi connectivity index (χ3v) is 3.03. The van der Waals surface area contributed by atoms with Gasteiger partial charge in [-0.05, 0) is 25.0 Å². The number of nitrogens with zero attached hydrogens (tertiary/aromatic N) is 1. The third-order valence-electron chi connectivity index (χ3n) is 2.40. The van der Waals surface area contributed by atoms with Gasteiger partial charge in [-0.1, -0.05) is 35.8 Å². The molecule has 1 aromatic heterocycles. The summed E-state index contributed by atoms with van der Waals surface area (Å²) in [5.74, 6) is 0.529. The van der Waals surface area contributed by atoms with Gasteiger partial charge in [0, 0.05) is 22.6 Å². The van der Waals surface area contributed by atoms with E-state index in [1.54, 1.807) is 0 Å². The highest BCUT2D eigenvalue weighted by Gasteiger charge is 2.17. The van der Waals surface area contributed by atoms with E-state index >= 15 is 0 Å². The van der Waals surface area contributed by atoms with Crippen molar-refractivity contribution < 1.29 is 0 Å². The quantitative estimate of drug-likeness (QED) is 0.737. The first-order chi connectivity index (χ1) is 6.16. The van der Waals surface area contributed by atoms with E-state index in [1.165, 1.54) is 11.3 Å². The third kappa shape index (κ3) is 2.53. The first-order valence-corrected chi connectivity index (χ1v) is 5.64. The minimum atomic E-state index is 0.492. The molecule has 0 N–H and O–H groups in total. The average Bonchev–Trinajstić information content (AvgIpc) is 2.09. The SMILES string of the molecule is CCC(c1ncccc1C)C(C)Br. The number of alkyl halides is 1. The number of pyridine rings is 1. The largest absolute Gasteiger partial charge is 0.261 e. The summed E-state index contributed by atoms with van der Waals surface area (Å²) >= 11 is 3.63. The van der Waals surface area contributed by atoms with Crippen molar-refractivity contribution in [3.05, 3.63) is 29.6 Å². The molecule has 0 aliphatic carbocycles. The lowest BCUT2D eigenvalue weighted by molar-refractivity contribution is 0.639. The molecular formula is C11H16BrN. The van der Waals surface area contributed by atoms with Crippen LogP contribution in [0.2, 0.25) is 0 Å². The van der Waals surface area contributed by atoms with E-state index in [4.69, 9.17) is 0 Å². The van der Waals surface area contributed by atoms with Gasteiger partial charge in [-0.3, -0.25) is 4.98 Å². The maximum Gasteiger partial charge on any atom is 0.0474 e. The van der Waals surface area contributed by atoms with Gasteiger partial charge in [0.1, 0.15) is 0 Å². The highest BCUT2D eigenvalue weighted by Crippen LogP contribution is 2.28. The summed E-state index contributed by atoms with van der Waals surface area (Å²) in [4.78, 5) is 4.93. The average molecular weight is 242 g/mol. The zero-order valence-corrected chi connectivity index (χ0v) is 10.0. The predicted molar refractivity (Wildman–Crippen MR) is 60.4 cm³/mol. The van der Waals surface area contributed by atoms with Crippen LogP contribution in [0.4, 0.5) is 0 Å². The molecule has 1 rings (SSSR count). The standard InChI is InChI=1S/C11H16BrN/c1-4-10(9(3)12)11-8(2)6-5-7-13-11/h5-7,9-10H,4H2,1-3H3. The summed E-state index contributed by atoms with van der Waals surface area (Å²) in [5, 5.41) is 0. The molecule has 0 aliphatic heterocycles. The van der Waals surface area contributed by atoms with Gasteiger partial charge < -0.3 is 0 Å². The van der Waals surface area contributed by atoms with Gasteiger partial charge in [-0.15, -0.1) is 0 Å². The van der Waals surface area contributed by atoms with Crippen LogP contribution in [0.5, 0.6) is 0 Å². The predicted octanol–water partition coefficient (Wildman–Crippen LogP) is 3.67. The normalized spacial score (nSPS) is 15.4. The van der Waals surface area contributed by atoms with Crippen molar-refractivity contribution in [3.8, 4) is 0 Å². The van der Waals surface area contributed by atoms with Crippen LogP contribution in [0.1, 0.15) is 37.4 Å². The Morgan fingerprint density at radius 1 is 1.54 bits per heavy atom. The summed E-state index contributed by atoms with van der Waals surface area (Å²) in [6.45, 7) is 6.51. The summed E-state index contributed by atoms with van der Waals surface area (Å²) in [5.41, 5.74) is 2.52. The van der Waals surface area contributed by atoms with Gasteiger partial charge in [-0.2, -0.15) is 0 Å². The van der Waals surface area contributed by atoms with Gasteiger partial charge in [0.2, 0.25) is 0 Å². The second-order valence-electron chi connectivity index (χ2n) is 3.40. The molecule has 0 saturated heterocycles. The van der Waals surface area contributed by atoms with Crippen LogP contribution in [-0.2, 0) is 0 Å². The summed E-state index contributed by atoms with van der Waals surface area (Å²) < 4.78 is 0. The molecule has 2 heteroatoms. The summed E-state index contributed by atoms with van der Waals surface area (Å²) in [7, 11) is 0. The Labute approximate surface area is 88.7 Å². The van der Waals surface area contributed by atoms with Gasteiger partial charge in [-0.25, -0.2) is 0 Å². The van der Waals surface area contributed by atoms with Crippen molar-refractivity contribution in [3.63, 3.8) is 0 Å². The molecule has 1 aromatic rings. The van der Waals surface area contributed by atoms with Crippen LogP contribution in [-0.4, -0.2) is 9.81 Å². The molecule has 0 aromatic carbocycles. The number of halogens is 1. The molecule has 1 heterocycles. The van der Waals surface area contributed by atoms with Crippen LogP contribution >= 0.6 is 15.9 Å². The topological polar surface area (TPSA) is 12.9 Å². The minimum absolute atomic E-state index is 0.492. The molecule has 0 amide bonds. The van der Waals surface area contributed by atoms with E-state index in [1.807, 2.05) is 12.3 Å². The fourth-order valence-corrected chi connectivity index (χ4v) is 2.25. The molecule has 1 nitrogen and oxygen atoms in total. The first-order valence-electron chi connectivity index (χ1n) is 4.72. The highest BCUT2D eigenvalue weighted by atomic mass is 79.9. The van der Waals surface area contributed by atoms with Crippen LogP contribution in [0.25, 0.3) is 0 Å². The van der Waals surface area contributed by atoms with E-state index in [2.05, 4.69) is 47.8 Å². The van der Waals surface area contributed by atoms with Gasteiger partial charge in [0.25, 0.3) is 0 Å². The number of aromatic nitrogens is 1. The number of aryl methyl sites for hydroxylation is 1. The maximum atomic E-state index is 4.44. The lowest BCUT2D eigenvalue weighted by atomic mass is 9.95. The molecule has 2 atom stereocenters. The summed E-state index contributed by atoms with van der Waals surface area (Å²) in [6, 6.07) is 4.12. The first kappa shape index (κ1) is 10.7. The van der Waals surface area contributed by atoms with Crippen molar-refractivity contribution in [2.75, 3.05) is 0 Å². The number of hydrogen-bond donors (Lipinski definition) is 0. The fourth-order valence-electron chi connectivity index (χ4n) is 1.62. The molecule has 0 bridgehead atoms. The number of hydrogen-bond acceptors (Lipinski definition) is 1. The van der Waals surface area contributed by atoms with Crippen molar-refractivity contribution in [1.82, 2.24) is 4.98 Å². The zero-order valence-electron chi connectivity index (χ0n) is 8.42. The Balaban J connectivity index is 2.97. The fraction of sp³-hybridized carbons (Fsp3) is 0.545. The Bertz CT molecular complexity index is 271. The molecule has 0 fully saturated rings. The van der Waals surface area contributed by atoms with Crippen molar-refractivity contribution in [2.24, 2.45) is 0 Å². The monoisotopic (exact) mass is 241 g/mol. The van der Waals surface area contributed by atoms with Crippen LogP contribution in [0.3, 0.4) is 0 Å². The maximum absolute atomic E-state index is 4.44. The molecular weight excluding hydrogens is 226 g/mol. The smallest absolute Gasteiger partial charge is 0.0474 e. The molecule has 0 saturated carbocycles. The van der Waals surface area contributed by atoms with Crippen LogP contribution in [0, 0.1) is 6.92 Å². The Hall–Kier alpha value is -0.370. The van der Waals surface area contributed by atoms with Crippen molar-refractivity contribution in [2.45, 2.75) is 37.9 Å². The van der Waals surface area contributed by atoms with E-state index in [9.17, 15) is 0 Å². The van der Waals surface area contributed by atoms with Crippen LogP contribution in [0.15, 0.2) is 18.3 Å². The zero-order chi connectivity index (χ0) is 9.84. The Morgan fingerprint density at radius 3 is 2.69 bits per heavy atom. The van der Waals surface area contributed by atoms with E-state index in [-0.39, 0.29) is 0 Å². The summed E-state index contributed by atoms with van der Waals surface area (Å²) in [6.07, 6.45) is 3.00.